The lowest BCUT2D eigenvalue weighted by Gasteiger charge is -2.18. The van der Waals surface area contributed by atoms with Crippen molar-refractivity contribution < 1.29 is 9.90 Å². The van der Waals surface area contributed by atoms with Crippen molar-refractivity contribution in [2.45, 2.75) is 20.8 Å². The lowest BCUT2D eigenvalue weighted by Crippen LogP contribution is -2.32. The summed E-state index contributed by atoms with van der Waals surface area (Å²) in [5, 5.41) is 12.7. The lowest BCUT2D eigenvalue weighted by molar-refractivity contribution is 0.0936. The largest absolute Gasteiger partial charge is 0.507 e. The Morgan fingerprint density at radius 1 is 1.44 bits per heavy atom. The zero-order valence-corrected chi connectivity index (χ0v) is 10.4. The molecule has 0 aliphatic heterocycles. The third-order valence-electron chi connectivity index (χ3n) is 1.98. The van der Waals surface area contributed by atoms with Crippen LogP contribution >= 0.6 is 11.6 Å². The maximum atomic E-state index is 11.7. The van der Waals surface area contributed by atoms with Gasteiger partial charge in [-0.05, 0) is 23.6 Å². The Hall–Kier alpha value is -1.22. The number of amides is 1. The second-order valence-corrected chi connectivity index (χ2v) is 5.34. The number of phenols is 1. The van der Waals surface area contributed by atoms with E-state index in [-0.39, 0.29) is 22.6 Å². The number of rotatable bonds is 2. The molecule has 16 heavy (non-hydrogen) atoms. The minimum absolute atomic E-state index is 0.0116. The quantitative estimate of drug-likeness (QED) is 0.837. The molecule has 4 heteroatoms. The average Bonchev–Trinajstić information content (AvgIpc) is 2.13. The molecule has 0 saturated carbocycles. The van der Waals surface area contributed by atoms with Crippen LogP contribution in [0.2, 0.25) is 5.02 Å². The molecule has 0 saturated heterocycles. The number of hydrogen-bond donors (Lipinski definition) is 2. The smallest absolute Gasteiger partial charge is 0.255 e. The standard InChI is InChI=1S/C12H16ClNO2/c1-12(2,3)7-14-11(16)9-5-4-8(13)6-10(9)15/h4-6,15H,7H2,1-3H3,(H,14,16). The zero-order valence-electron chi connectivity index (χ0n) is 9.67. The van der Waals surface area contributed by atoms with Crippen molar-refractivity contribution >= 4 is 17.5 Å². The summed E-state index contributed by atoms with van der Waals surface area (Å²) >= 11 is 5.68. The van der Waals surface area contributed by atoms with E-state index in [1.165, 1.54) is 12.1 Å². The molecule has 0 aliphatic carbocycles. The number of nitrogens with one attached hydrogen (secondary N) is 1. The van der Waals surface area contributed by atoms with Gasteiger partial charge in [-0.1, -0.05) is 32.4 Å². The second-order valence-electron chi connectivity index (χ2n) is 4.90. The molecule has 0 unspecified atom stereocenters. The average molecular weight is 242 g/mol. The third kappa shape index (κ3) is 3.74. The Bertz CT molecular complexity index is 396. The van der Waals surface area contributed by atoms with Gasteiger partial charge in [-0.2, -0.15) is 0 Å². The van der Waals surface area contributed by atoms with Gasteiger partial charge in [0.05, 0.1) is 5.56 Å². The van der Waals surface area contributed by atoms with Gasteiger partial charge in [-0.15, -0.1) is 0 Å². The van der Waals surface area contributed by atoms with Gasteiger partial charge in [-0.25, -0.2) is 0 Å². The van der Waals surface area contributed by atoms with E-state index in [0.717, 1.165) is 0 Å². The summed E-state index contributed by atoms with van der Waals surface area (Å²) in [6.45, 7) is 6.62. The fourth-order valence-electron chi connectivity index (χ4n) is 1.14. The molecule has 3 nitrogen and oxygen atoms in total. The van der Waals surface area contributed by atoms with Crippen LogP contribution in [0.3, 0.4) is 0 Å². The van der Waals surface area contributed by atoms with Crippen LogP contribution in [0, 0.1) is 5.41 Å². The van der Waals surface area contributed by atoms with E-state index in [1.54, 1.807) is 6.07 Å². The van der Waals surface area contributed by atoms with Crippen molar-refractivity contribution in [1.29, 1.82) is 0 Å². The molecular formula is C12H16ClNO2. The maximum Gasteiger partial charge on any atom is 0.255 e. The minimum Gasteiger partial charge on any atom is -0.507 e. The fraction of sp³-hybridized carbons (Fsp3) is 0.417. The summed E-state index contributed by atoms with van der Waals surface area (Å²) < 4.78 is 0. The van der Waals surface area contributed by atoms with Crippen molar-refractivity contribution in [2.75, 3.05) is 6.54 Å². The minimum atomic E-state index is -0.288. The molecule has 88 valence electrons. The van der Waals surface area contributed by atoms with Gasteiger partial charge in [0, 0.05) is 11.6 Å². The first-order valence-electron chi connectivity index (χ1n) is 5.06. The summed E-state index contributed by atoms with van der Waals surface area (Å²) in [6.07, 6.45) is 0. The highest BCUT2D eigenvalue weighted by molar-refractivity contribution is 6.30. The first kappa shape index (κ1) is 12.8. The number of halogens is 1. The van der Waals surface area contributed by atoms with Crippen LogP contribution < -0.4 is 5.32 Å². The molecule has 1 aromatic carbocycles. The van der Waals surface area contributed by atoms with E-state index >= 15 is 0 Å². The molecule has 0 spiro atoms. The molecule has 1 rings (SSSR count). The Morgan fingerprint density at radius 2 is 2.06 bits per heavy atom. The summed E-state index contributed by atoms with van der Waals surface area (Å²) in [5.41, 5.74) is 0.256. The van der Waals surface area contributed by atoms with Gasteiger partial charge in [0.2, 0.25) is 0 Å². The van der Waals surface area contributed by atoms with Crippen molar-refractivity contribution in [3.63, 3.8) is 0 Å². The monoisotopic (exact) mass is 241 g/mol. The molecule has 0 aromatic heterocycles. The molecule has 0 bridgehead atoms. The van der Waals surface area contributed by atoms with Crippen LogP contribution in [0.15, 0.2) is 18.2 Å². The number of hydrogen-bond acceptors (Lipinski definition) is 2. The zero-order chi connectivity index (χ0) is 12.3. The molecule has 0 atom stereocenters. The first-order valence-corrected chi connectivity index (χ1v) is 5.44. The van der Waals surface area contributed by atoms with Crippen LogP contribution in [-0.4, -0.2) is 17.6 Å². The normalized spacial score (nSPS) is 11.2. The summed E-state index contributed by atoms with van der Waals surface area (Å²) in [6, 6.07) is 4.44. The van der Waals surface area contributed by atoms with Gasteiger partial charge in [0.25, 0.3) is 5.91 Å². The first-order chi connectivity index (χ1) is 7.29. The van der Waals surface area contributed by atoms with Gasteiger partial charge in [0.1, 0.15) is 5.75 Å². The van der Waals surface area contributed by atoms with Gasteiger partial charge >= 0.3 is 0 Å². The fourth-order valence-corrected chi connectivity index (χ4v) is 1.30. The summed E-state index contributed by atoms with van der Waals surface area (Å²) in [5.74, 6) is -0.386. The van der Waals surface area contributed by atoms with E-state index in [0.29, 0.717) is 11.6 Å². The number of benzene rings is 1. The molecule has 0 radical (unpaired) electrons. The topological polar surface area (TPSA) is 49.3 Å². The maximum absolute atomic E-state index is 11.7. The molecule has 0 heterocycles. The Balaban J connectivity index is 2.74. The van der Waals surface area contributed by atoms with Crippen LogP contribution in [0.25, 0.3) is 0 Å². The molecular weight excluding hydrogens is 226 g/mol. The van der Waals surface area contributed by atoms with E-state index in [2.05, 4.69) is 5.32 Å². The van der Waals surface area contributed by atoms with E-state index in [4.69, 9.17) is 11.6 Å². The van der Waals surface area contributed by atoms with Crippen molar-refractivity contribution in [3.05, 3.63) is 28.8 Å². The lowest BCUT2D eigenvalue weighted by atomic mass is 9.97. The number of carbonyl (C=O) groups is 1. The third-order valence-corrected chi connectivity index (χ3v) is 2.22. The van der Waals surface area contributed by atoms with Gasteiger partial charge < -0.3 is 10.4 Å². The predicted octanol–water partition coefficient (Wildman–Crippen LogP) is 2.82. The summed E-state index contributed by atoms with van der Waals surface area (Å²) in [4.78, 5) is 11.7. The molecule has 2 N–H and O–H groups in total. The van der Waals surface area contributed by atoms with Gasteiger partial charge in [0.15, 0.2) is 0 Å². The van der Waals surface area contributed by atoms with Crippen LogP contribution in [0.5, 0.6) is 5.75 Å². The van der Waals surface area contributed by atoms with Crippen molar-refractivity contribution in [2.24, 2.45) is 5.41 Å². The SMILES string of the molecule is CC(C)(C)CNC(=O)c1ccc(Cl)cc1O. The Kier molecular flexibility index (Phi) is 3.81. The van der Waals surface area contributed by atoms with Crippen LogP contribution in [-0.2, 0) is 0 Å². The number of phenolic OH excluding ortho intramolecular Hbond substituents is 1. The van der Waals surface area contributed by atoms with Crippen LogP contribution in [0.1, 0.15) is 31.1 Å². The van der Waals surface area contributed by atoms with E-state index in [1.807, 2.05) is 20.8 Å². The highest BCUT2D eigenvalue weighted by atomic mass is 35.5. The molecule has 0 aliphatic rings. The number of aromatic hydroxyl groups is 1. The Morgan fingerprint density at radius 3 is 2.56 bits per heavy atom. The highest BCUT2D eigenvalue weighted by Crippen LogP contribution is 2.22. The molecule has 1 aromatic rings. The van der Waals surface area contributed by atoms with Crippen LogP contribution in [0.4, 0.5) is 0 Å². The second kappa shape index (κ2) is 4.74. The highest BCUT2D eigenvalue weighted by Gasteiger charge is 2.15. The van der Waals surface area contributed by atoms with E-state index < -0.39 is 0 Å². The molecule has 0 fully saturated rings. The Labute approximate surface area is 100 Å². The summed E-state index contributed by atoms with van der Waals surface area (Å²) in [7, 11) is 0. The van der Waals surface area contributed by atoms with Crippen molar-refractivity contribution in [3.8, 4) is 5.75 Å². The van der Waals surface area contributed by atoms with E-state index in [9.17, 15) is 9.90 Å². The van der Waals surface area contributed by atoms with Crippen molar-refractivity contribution in [1.82, 2.24) is 5.32 Å². The molecule has 1 amide bonds. The predicted molar refractivity (Wildman–Crippen MR) is 64.9 cm³/mol. The number of carbonyl (C=O) groups excluding carboxylic acids is 1. The van der Waals surface area contributed by atoms with Gasteiger partial charge in [-0.3, -0.25) is 4.79 Å².